The molecule has 0 aliphatic heterocycles. The normalized spacial score (nSPS) is 11.8. The second-order valence-electron chi connectivity index (χ2n) is 7.57. The van der Waals surface area contributed by atoms with Gasteiger partial charge in [0.25, 0.3) is 0 Å². The Morgan fingerprint density at radius 2 is 1.78 bits per heavy atom. The zero-order valence-corrected chi connectivity index (χ0v) is 18.4. The van der Waals surface area contributed by atoms with Crippen molar-refractivity contribution in [3.05, 3.63) is 69.1 Å². The fraction of sp³-hybridized carbons (Fsp3) is 0.333. The quantitative estimate of drug-likeness (QED) is 0.395. The number of aliphatic carboxylic acids is 1. The van der Waals surface area contributed by atoms with Gasteiger partial charge in [0.15, 0.2) is 5.78 Å². The number of carbonyl (C=O) groups excluding carboxylic acids is 1. The van der Waals surface area contributed by atoms with Crippen LogP contribution < -0.4 is 5.73 Å². The third-order valence-corrected chi connectivity index (χ3v) is 6.75. The number of alkyl halides is 3. The minimum Gasteiger partial charge on any atom is -0.481 e. The van der Waals surface area contributed by atoms with Crippen LogP contribution in [0.3, 0.4) is 0 Å². The van der Waals surface area contributed by atoms with Crippen molar-refractivity contribution in [1.82, 2.24) is 0 Å². The molecule has 0 aliphatic rings. The summed E-state index contributed by atoms with van der Waals surface area (Å²) in [6.07, 6.45) is -2.71. The molecule has 1 heterocycles. The molecule has 0 unspecified atom stereocenters. The first-order valence-corrected chi connectivity index (χ1v) is 11.1. The van der Waals surface area contributed by atoms with Gasteiger partial charge in [-0.2, -0.15) is 13.2 Å². The van der Waals surface area contributed by atoms with Crippen molar-refractivity contribution in [3.63, 3.8) is 0 Å². The lowest BCUT2D eigenvalue weighted by Gasteiger charge is -2.09. The molecule has 0 spiro atoms. The molecule has 3 rings (SSSR count). The molecule has 170 valence electrons. The molecule has 0 amide bonds. The Morgan fingerprint density at radius 3 is 2.41 bits per heavy atom. The highest BCUT2D eigenvalue weighted by Gasteiger charge is 2.31. The summed E-state index contributed by atoms with van der Waals surface area (Å²) < 4.78 is 39.7. The van der Waals surface area contributed by atoms with E-state index in [1.165, 1.54) is 23.5 Å². The van der Waals surface area contributed by atoms with E-state index in [1.54, 1.807) is 18.2 Å². The van der Waals surface area contributed by atoms with E-state index in [4.69, 9.17) is 10.8 Å². The zero-order valence-electron chi connectivity index (χ0n) is 17.6. The number of hydrogen-bond donors (Lipinski definition) is 2. The number of carboxylic acids is 1. The number of aryl methyl sites for hydroxylation is 3. The molecule has 2 aromatic carbocycles. The third kappa shape index (κ3) is 5.37. The molecule has 3 aromatic rings. The third-order valence-electron chi connectivity index (χ3n) is 5.49. The minimum atomic E-state index is -4.39. The van der Waals surface area contributed by atoms with Crippen LogP contribution in [0.15, 0.2) is 36.4 Å². The SMILES string of the molecule is CCc1c(CCC(=O)c2ccc(CCC(=O)O)c(CN)c2)sc2cc(C(F)(F)F)ccc12. The van der Waals surface area contributed by atoms with Crippen molar-refractivity contribution in [2.45, 2.75) is 51.7 Å². The summed E-state index contributed by atoms with van der Waals surface area (Å²) in [5, 5.41) is 9.68. The number of carboxylic acid groups (broad SMARTS) is 1. The van der Waals surface area contributed by atoms with E-state index >= 15 is 0 Å². The van der Waals surface area contributed by atoms with Gasteiger partial charge >= 0.3 is 12.1 Å². The number of rotatable bonds is 9. The average molecular weight is 464 g/mol. The van der Waals surface area contributed by atoms with Gasteiger partial charge in [0.2, 0.25) is 0 Å². The van der Waals surface area contributed by atoms with Crippen LogP contribution in [0.2, 0.25) is 0 Å². The zero-order chi connectivity index (χ0) is 23.5. The number of benzene rings is 2. The second-order valence-corrected chi connectivity index (χ2v) is 8.71. The lowest BCUT2D eigenvalue weighted by molar-refractivity contribution is -0.138. The van der Waals surface area contributed by atoms with Gasteiger partial charge in [-0.3, -0.25) is 9.59 Å². The van der Waals surface area contributed by atoms with E-state index in [1.807, 2.05) is 6.92 Å². The molecular formula is C24H24F3NO3S. The molecule has 0 fully saturated rings. The van der Waals surface area contributed by atoms with Gasteiger partial charge in [0.1, 0.15) is 0 Å². The largest absolute Gasteiger partial charge is 0.481 e. The molecule has 0 aliphatic carbocycles. The van der Waals surface area contributed by atoms with Crippen LogP contribution in [-0.2, 0) is 36.8 Å². The minimum absolute atomic E-state index is 0.0118. The molecule has 8 heteroatoms. The molecule has 32 heavy (non-hydrogen) atoms. The Bertz CT molecular complexity index is 1150. The lowest BCUT2D eigenvalue weighted by atomic mass is 9.96. The maximum atomic E-state index is 13.0. The first-order chi connectivity index (χ1) is 15.1. The predicted octanol–water partition coefficient (Wildman–Crippen LogP) is 5.77. The van der Waals surface area contributed by atoms with E-state index in [0.717, 1.165) is 33.0 Å². The Morgan fingerprint density at radius 1 is 1.03 bits per heavy atom. The van der Waals surface area contributed by atoms with E-state index in [9.17, 15) is 22.8 Å². The highest BCUT2D eigenvalue weighted by atomic mass is 32.1. The van der Waals surface area contributed by atoms with Gasteiger partial charge in [0.05, 0.1) is 5.56 Å². The topological polar surface area (TPSA) is 80.4 Å². The summed E-state index contributed by atoms with van der Waals surface area (Å²) >= 11 is 1.31. The number of thiophene rings is 1. The molecule has 0 bridgehead atoms. The Labute approximate surface area is 187 Å². The maximum Gasteiger partial charge on any atom is 0.416 e. The second kappa shape index (κ2) is 9.83. The molecule has 1 aromatic heterocycles. The highest BCUT2D eigenvalue weighted by Crippen LogP contribution is 2.37. The average Bonchev–Trinajstić information content (AvgIpc) is 3.11. The number of fused-ring (bicyclic) bond motifs is 1. The van der Waals surface area contributed by atoms with Crippen LogP contribution >= 0.6 is 11.3 Å². The van der Waals surface area contributed by atoms with E-state index in [2.05, 4.69) is 0 Å². The van der Waals surface area contributed by atoms with Crippen molar-refractivity contribution in [3.8, 4) is 0 Å². The van der Waals surface area contributed by atoms with Crippen LogP contribution in [0.25, 0.3) is 10.1 Å². The summed E-state index contributed by atoms with van der Waals surface area (Å²) in [6.45, 7) is 2.15. The monoisotopic (exact) mass is 463 g/mol. The number of carbonyl (C=O) groups is 2. The summed E-state index contributed by atoms with van der Waals surface area (Å²) in [6, 6.07) is 8.92. The van der Waals surface area contributed by atoms with Crippen LogP contribution in [0.4, 0.5) is 13.2 Å². The number of halogens is 3. The molecule has 4 nitrogen and oxygen atoms in total. The molecule has 3 N–H and O–H groups in total. The smallest absolute Gasteiger partial charge is 0.416 e. The van der Waals surface area contributed by atoms with Crippen LogP contribution in [0, 0.1) is 0 Å². The summed E-state index contributed by atoms with van der Waals surface area (Å²) in [4.78, 5) is 24.5. The van der Waals surface area contributed by atoms with Crippen molar-refractivity contribution < 1.29 is 27.9 Å². The molecule has 0 radical (unpaired) electrons. The van der Waals surface area contributed by atoms with E-state index < -0.39 is 17.7 Å². The number of Topliss-reactive ketones (excluding diaryl/α,β-unsaturated/α-hetero) is 1. The predicted molar refractivity (Wildman–Crippen MR) is 119 cm³/mol. The van der Waals surface area contributed by atoms with E-state index in [0.29, 0.717) is 29.5 Å². The molecular weight excluding hydrogens is 439 g/mol. The van der Waals surface area contributed by atoms with Crippen molar-refractivity contribution >= 4 is 33.2 Å². The fourth-order valence-electron chi connectivity index (χ4n) is 3.81. The molecule has 0 atom stereocenters. The van der Waals surface area contributed by atoms with Gasteiger partial charge in [-0.1, -0.05) is 25.1 Å². The fourth-order valence-corrected chi connectivity index (χ4v) is 5.15. The number of hydrogen-bond acceptors (Lipinski definition) is 4. The molecule has 0 saturated carbocycles. The van der Waals surface area contributed by atoms with Gasteiger partial charge in [0, 0.05) is 34.5 Å². The number of nitrogens with two attached hydrogens (primary N) is 1. The Hall–Kier alpha value is -2.71. The lowest BCUT2D eigenvalue weighted by Crippen LogP contribution is -2.08. The summed E-state index contributed by atoms with van der Waals surface area (Å²) in [5.41, 5.74) is 8.15. The first-order valence-electron chi connectivity index (χ1n) is 10.3. The van der Waals surface area contributed by atoms with Crippen molar-refractivity contribution in [2.24, 2.45) is 5.73 Å². The Balaban J connectivity index is 1.78. The van der Waals surface area contributed by atoms with Crippen molar-refractivity contribution in [2.75, 3.05) is 0 Å². The van der Waals surface area contributed by atoms with Gasteiger partial charge < -0.3 is 10.8 Å². The molecule has 0 saturated heterocycles. The standard InChI is InChI=1S/C24H24F3NO3S/c1-2-18-19-7-6-17(24(25,26)27)12-22(19)32-21(18)9-8-20(29)15-4-3-14(5-10-23(30)31)16(11-15)13-28/h3-4,6-7,11-12H,2,5,8-10,13,28H2,1H3,(H,30,31). The van der Waals surface area contributed by atoms with Gasteiger partial charge in [-0.25, -0.2) is 0 Å². The van der Waals surface area contributed by atoms with Crippen LogP contribution in [0.5, 0.6) is 0 Å². The van der Waals surface area contributed by atoms with Crippen molar-refractivity contribution in [1.29, 1.82) is 0 Å². The highest BCUT2D eigenvalue weighted by molar-refractivity contribution is 7.19. The van der Waals surface area contributed by atoms with Crippen LogP contribution in [-0.4, -0.2) is 16.9 Å². The number of ketones is 1. The Kier molecular flexibility index (Phi) is 7.36. The summed E-state index contributed by atoms with van der Waals surface area (Å²) in [7, 11) is 0. The van der Waals surface area contributed by atoms with E-state index in [-0.39, 0.29) is 25.2 Å². The first kappa shape index (κ1) is 23.9. The summed E-state index contributed by atoms with van der Waals surface area (Å²) in [5.74, 6) is -0.981. The van der Waals surface area contributed by atoms with Gasteiger partial charge in [-0.15, -0.1) is 11.3 Å². The van der Waals surface area contributed by atoms with Gasteiger partial charge in [-0.05, 0) is 59.5 Å². The van der Waals surface area contributed by atoms with Crippen LogP contribution in [0.1, 0.15) is 57.3 Å². The maximum absolute atomic E-state index is 13.0.